The van der Waals surface area contributed by atoms with E-state index in [9.17, 15) is 9.59 Å². The Balaban J connectivity index is 1.61. The molecule has 3 rings (SSSR count). The summed E-state index contributed by atoms with van der Waals surface area (Å²) in [4.78, 5) is 30.0. The van der Waals surface area contributed by atoms with Crippen molar-refractivity contribution in [1.82, 2.24) is 14.7 Å². The summed E-state index contributed by atoms with van der Waals surface area (Å²) >= 11 is 0. The van der Waals surface area contributed by atoms with Gasteiger partial charge in [-0.25, -0.2) is 0 Å². The van der Waals surface area contributed by atoms with E-state index in [1.807, 2.05) is 18.0 Å². The maximum atomic E-state index is 12.6. The highest BCUT2D eigenvalue weighted by atomic mass is 16.5. The van der Waals surface area contributed by atoms with E-state index in [-0.39, 0.29) is 17.9 Å². The fraction of sp³-hybridized carbons (Fsp3) is 0.500. The molecule has 2 aliphatic rings. The molecule has 0 saturated carbocycles. The number of benzene rings is 1. The van der Waals surface area contributed by atoms with E-state index in [1.54, 1.807) is 48.2 Å². The van der Waals surface area contributed by atoms with Crippen molar-refractivity contribution in [3.05, 3.63) is 35.4 Å². The number of likely N-dealkylation sites (tertiary alicyclic amines) is 1. The molecule has 2 heterocycles. The fourth-order valence-electron chi connectivity index (χ4n) is 3.44. The first-order chi connectivity index (χ1) is 11.8. The SMILES string of the molecule is CN(C)C(=O)[C@@H]1COC2(CN(C(=O)c3cccc(C#N)c3)C2)CN1C. The van der Waals surface area contributed by atoms with Gasteiger partial charge in [-0.1, -0.05) is 6.07 Å². The van der Waals surface area contributed by atoms with Crippen molar-refractivity contribution in [3.8, 4) is 6.07 Å². The van der Waals surface area contributed by atoms with Crippen molar-refractivity contribution in [1.29, 1.82) is 5.26 Å². The van der Waals surface area contributed by atoms with E-state index in [0.29, 0.717) is 37.4 Å². The number of carbonyl (C=O) groups excluding carboxylic acids is 2. The quantitative estimate of drug-likeness (QED) is 0.766. The van der Waals surface area contributed by atoms with Gasteiger partial charge in [-0.05, 0) is 25.2 Å². The highest BCUT2D eigenvalue weighted by molar-refractivity contribution is 5.95. The smallest absolute Gasteiger partial charge is 0.254 e. The van der Waals surface area contributed by atoms with Gasteiger partial charge in [0.15, 0.2) is 0 Å². The molecule has 0 bridgehead atoms. The number of nitrogens with zero attached hydrogens (tertiary/aromatic N) is 4. The summed E-state index contributed by atoms with van der Waals surface area (Å²) < 4.78 is 5.98. The van der Waals surface area contributed by atoms with Crippen LogP contribution < -0.4 is 0 Å². The van der Waals surface area contributed by atoms with Crippen molar-refractivity contribution in [2.24, 2.45) is 0 Å². The van der Waals surface area contributed by atoms with Gasteiger partial charge < -0.3 is 14.5 Å². The number of likely N-dealkylation sites (N-methyl/N-ethyl adjacent to an activating group) is 2. The lowest BCUT2D eigenvalue weighted by Gasteiger charge is -2.54. The Morgan fingerprint density at radius 1 is 1.32 bits per heavy atom. The van der Waals surface area contributed by atoms with Crippen LogP contribution in [0.1, 0.15) is 15.9 Å². The van der Waals surface area contributed by atoms with Crippen LogP contribution in [0.15, 0.2) is 24.3 Å². The second-order valence-electron chi connectivity index (χ2n) is 7.01. The van der Waals surface area contributed by atoms with Crippen LogP contribution in [-0.4, -0.2) is 85.5 Å². The molecule has 2 fully saturated rings. The predicted octanol–water partition coefficient (Wildman–Crippen LogP) is 0.172. The molecule has 0 N–H and O–H groups in total. The number of hydrogen-bond acceptors (Lipinski definition) is 5. The molecular formula is C18H22N4O3. The predicted molar refractivity (Wildman–Crippen MR) is 90.9 cm³/mol. The van der Waals surface area contributed by atoms with Gasteiger partial charge in [0.25, 0.3) is 5.91 Å². The largest absolute Gasteiger partial charge is 0.368 e. The molecular weight excluding hydrogens is 320 g/mol. The van der Waals surface area contributed by atoms with Gasteiger partial charge in [-0.15, -0.1) is 0 Å². The van der Waals surface area contributed by atoms with E-state index in [1.165, 1.54) is 0 Å². The zero-order valence-electron chi connectivity index (χ0n) is 14.7. The van der Waals surface area contributed by atoms with Crippen LogP contribution in [-0.2, 0) is 9.53 Å². The number of nitriles is 1. The molecule has 7 nitrogen and oxygen atoms in total. The average Bonchev–Trinajstić information content (AvgIpc) is 2.58. The summed E-state index contributed by atoms with van der Waals surface area (Å²) in [6, 6.07) is 8.47. The molecule has 0 aromatic heterocycles. The van der Waals surface area contributed by atoms with E-state index in [2.05, 4.69) is 0 Å². The zero-order chi connectivity index (χ0) is 18.2. The van der Waals surface area contributed by atoms with Gasteiger partial charge in [0.1, 0.15) is 11.6 Å². The van der Waals surface area contributed by atoms with Crippen molar-refractivity contribution in [3.63, 3.8) is 0 Å². The van der Waals surface area contributed by atoms with Crippen LogP contribution in [0.5, 0.6) is 0 Å². The molecule has 1 aromatic rings. The Kier molecular flexibility index (Phi) is 4.50. The minimum atomic E-state index is -0.402. The number of ether oxygens (including phenoxy) is 1. The minimum absolute atomic E-state index is 0.0259. The number of hydrogen-bond donors (Lipinski definition) is 0. The third-order valence-electron chi connectivity index (χ3n) is 4.83. The third kappa shape index (κ3) is 3.23. The van der Waals surface area contributed by atoms with Crippen molar-refractivity contribution < 1.29 is 14.3 Å². The zero-order valence-corrected chi connectivity index (χ0v) is 14.7. The number of carbonyl (C=O) groups is 2. The number of morpholine rings is 1. The lowest BCUT2D eigenvalue weighted by atomic mass is 9.89. The van der Waals surface area contributed by atoms with Gasteiger partial charge in [0, 0.05) is 26.2 Å². The summed E-state index contributed by atoms with van der Waals surface area (Å²) in [7, 11) is 5.39. The summed E-state index contributed by atoms with van der Waals surface area (Å²) in [6.07, 6.45) is 0. The molecule has 1 atom stereocenters. The molecule has 2 amide bonds. The van der Waals surface area contributed by atoms with Gasteiger partial charge in [-0.2, -0.15) is 5.26 Å². The van der Waals surface area contributed by atoms with E-state index in [4.69, 9.17) is 10.00 Å². The van der Waals surface area contributed by atoms with Crippen LogP contribution in [0.3, 0.4) is 0 Å². The summed E-state index contributed by atoms with van der Waals surface area (Å²) in [5, 5.41) is 8.96. The van der Waals surface area contributed by atoms with Gasteiger partial charge >= 0.3 is 0 Å². The molecule has 0 aliphatic carbocycles. The van der Waals surface area contributed by atoms with Crippen LogP contribution in [0.4, 0.5) is 0 Å². The Labute approximate surface area is 147 Å². The lowest BCUT2D eigenvalue weighted by molar-refractivity contribution is -0.190. The van der Waals surface area contributed by atoms with Crippen LogP contribution >= 0.6 is 0 Å². The monoisotopic (exact) mass is 342 g/mol. The fourth-order valence-corrected chi connectivity index (χ4v) is 3.44. The Hall–Kier alpha value is -2.43. The summed E-state index contributed by atoms with van der Waals surface area (Å²) in [6.45, 7) is 1.93. The van der Waals surface area contributed by atoms with Gasteiger partial charge in [0.2, 0.25) is 5.91 Å². The first-order valence-electron chi connectivity index (χ1n) is 8.20. The molecule has 2 aliphatic heterocycles. The Bertz CT molecular complexity index is 734. The van der Waals surface area contributed by atoms with Crippen LogP contribution in [0.25, 0.3) is 0 Å². The second kappa shape index (κ2) is 6.47. The third-order valence-corrected chi connectivity index (χ3v) is 4.83. The second-order valence-corrected chi connectivity index (χ2v) is 7.01. The molecule has 1 aromatic carbocycles. The first kappa shape index (κ1) is 17.4. The normalized spacial score (nSPS) is 22.2. The Morgan fingerprint density at radius 3 is 2.64 bits per heavy atom. The van der Waals surface area contributed by atoms with Crippen molar-refractivity contribution in [2.75, 3.05) is 47.4 Å². The minimum Gasteiger partial charge on any atom is -0.368 e. The average molecular weight is 342 g/mol. The Morgan fingerprint density at radius 2 is 2.04 bits per heavy atom. The van der Waals surface area contributed by atoms with Gasteiger partial charge in [0.05, 0.1) is 31.3 Å². The standard InChI is InChI=1S/C18H22N4O3/c1-20(2)17(24)15-9-25-18(10-21(15)3)11-22(12-18)16(23)14-6-4-5-13(7-14)8-19/h4-7,15H,9-12H2,1-3H3/t15-/m0/s1. The molecule has 25 heavy (non-hydrogen) atoms. The summed E-state index contributed by atoms with van der Waals surface area (Å²) in [5.41, 5.74) is 0.582. The number of amides is 2. The molecule has 132 valence electrons. The van der Waals surface area contributed by atoms with Crippen LogP contribution in [0.2, 0.25) is 0 Å². The van der Waals surface area contributed by atoms with E-state index in [0.717, 1.165) is 0 Å². The highest BCUT2D eigenvalue weighted by Gasteiger charge is 2.51. The van der Waals surface area contributed by atoms with Crippen molar-refractivity contribution >= 4 is 11.8 Å². The van der Waals surface area contributed by atoms with E-state index >= 15 is 0 Å². The summed E-state index contributed by atoms with van der Waals surface area (Å²) in [5.74, 6) is -0.0709. The first-order valence-corrected chi connectivity index (χ1v) is 8.20. The molecule has 2 saturated heterocycles. The maximum absolute atomic E-state index is 12.6. The maximum Gasteiger partial charge on any atom is 0.254 e. The van der Waals surface area contributed by atoms with Gasteiger partial charge in [-0.3, -0.25) is 14.5 Å². The lowest BCUT2D eigenvalue weighted by Crippen LogP contribution is -2.73. The highest BCUT2D eigenvalue weighted by Crippen LogP contribution is 2.32. The van der Waals surface area contributed by atoms with E-state index < -0.39 is 5.60 Å². The van der Waals surface area contributed by atoms with Crippen molar-refractivity contribution in [2.45, 2.75) is 11.6 Å². The molecule has 0 radical (unpaired) electrons. The molecule has 1 spiro atoms. The molecule has 0 unspecified atom stereocenters. The molecule has 7 heteroatoms. The topological polar surface area (TPSA) is 76.9 Å². The number of rotatable bonds is 2. The van der Waals surface area contributed by atoms with Crippen LogP contribution in [0, 0.1) is 11.3 Å².